The van der Waals surface area contributed by atoms with Crippen molar-refractivity contribution < 1.29 is 19.1 Å². The molecule has 0 atom stereocenters. The second-order valence-corrected chi connectivity index (χ2v) is 6.56. The molecule has 0 saturated carbocycles. The summed E-state index contributed by atoms with van der Waals surface area (Å²) < 4.78 is 10.5. The highest BCUT2D eigenvalue weighted by Crippen LogP contribution is 2.25. The first-order valence-corrected chi connectivity index (χ1v) is 8.79. The highest BCUT2D eigenvalue weighted by molar-refractivity contribution is 5.93. The van der Waals surface area contributed by atoms with Crippen molar-refractivity contribution in [3.05, 3.63) is 58.7 Å². The summed E-state index contributed by atoms with van der Waals surface area (Å²) in [6.07, 6.45) is 3.30. The molecule has 0 saturated heterocycles. The van der Waals surface area contributed by atoms with Crippen LogP contribution in [0.25, 0.3) is 0 Å². The molecule has 1 aliphatic rings. The first-order valence-electron chi connectivity index (χ1n) is 8.79. The molecule has 0 spiro atoms. The number of hydrogen-bond acceptors (Lipinski definition) is 4. The number of fused-ring (bicyclic) bond motifs is 1. The highest BCUT2D eigenvalue weighted by atomic mass is 16.6. The zero-order chi connectivity index (χ0) is 18.5. The summed E-state index contributed by atoms with van der Waals surface area (Å²) in [6, 6.07) is 11.7. The number of carbonyl (C=O) groups excluding carboxylic acids is 2. The Bertz CT molecular complexity index is 809. The molecule has 2 aromatic rings. The summed E-state index contributed by atoms with van der Waals surface area (Å²) in [5.74, 6) is -0.257. The van der Waals surface area contributed by atoms with Gasteiger partial charge in [-0.3, -0.25) is 4.79 Å². The Morgan fingerprint density at radius 3 is 2.50 bits per heavy atom. The first-order chi connectivity index (χ1) is 12.5. The molecule has 0 heterocycles. The lowest BCUT2D eigenvalue weighted by atomic mass is 10.1. The summed E-state index contributed by atoms with van der Waals surface area (Å²) in [5, 5.41) is 2.76. The molecule has 3 rings (SSSR count). The molecule has 26 heavy (non-hydrogen) atoms. The van der Waals surface area contributed by atoms with E-state index in [1.54, 1.807) is 0 Å². The molecule has 0 bridgehead atoms. The van der Waals surface area contributed by atoms with E-state index in [2.05, 4.69) is 5.32 Å². The van der Waals surface area contributed by atoms with Gasteiger partial charge in [0.2, 0.25) is 0 Å². The SMILES string of the molecule is Cc1cccc(C)c1OCC(=O)OCC(=O)Nc1ccc2c(c1)CCC2. The lowest BCUT2D eigenvalue weighted by Crippen LogP contribution is -2.24. The molecule has 136 valence electrons. The van der Waals surface area contributed by atoms with Crippen LogP contribution in [0.4, 0.5) is 5.69 Å². The number of ether oxygens (including phenoxy) is 2. The Hall–Kier alpha value is -2.82. The molecule has 5 heteroatoms. The van der Waals surface area contributed by atoms with Crippen molar-refractivity contribution in [2.45, 2.75) is 33.1 Å². The van der Waals surface area contributed by atoms with Gasteiger partial charge in [0.05, 0.1) is 0 Å². The van der Waals surface area contributed by atoms with Gasteiger partial charge in [-0.1, -0.05) is 24.3 Å². The van der Waals surface area contributed by atoms with E-state index in [1.165, 1.54) is 11.1 Å². The standard InChI is InChI=1S/C21H23NO4/c1-14-5-3-6-15(2)21(14)26-13-20(24)25-12-19(23)22-18-10-9-16-7-4-8-17(16)11-18/h3,5-6,9-11H,4,7-8,12-13H2,1-2H3,(H,22,23). The van der Waals surface area contributed by atoms with Gasteiger partial charge in [0.1, 0.15) is 5.75 Å². The van der Waals surface area contributed by atoms with E-state index in [1.807, 2.05) is 50.2 Å². The van der Waals surface area contributed by atoms with Crippen LogP contribution in [0.15, 0.2) is 36.4 Å². The fraction of sp³-hybridized carbons (Fsp3) is 0.333. The zero-order valence-corrected chi connectivity index (χ0v) is 15.1. The monoisotopic (exact) mass is 353 g/mol. The second kappa shape index (κ2) is 8.04. The normalized spacial score (nSPS) is 12.4. The van der Waals surface area contributed by atoms with Crippen molar-refractivity contribution >= 4 is 17.6 Å². The first kappa shape index (κ1) is 18.0. The van der Waals surface area contributed by atoms with Gasteiger partial charge < -0.3 is 14.8 Å². The summed E-state index contributed by atoms with van der Waals surface area (Å²) in [6.45, 7) is 3.28. The van der Waals surface area contributed by atoms with E-state index >= 15 is 0 Å². The summed E-state index contributed by atoms with van der Waals surface area (Å²) in [5.41, 5.74) is 5.26. The maximum Gasteiger partial charge on any atom is 0.344 e. The number of anilines is 1. The third-order valence-electron chi connectivity index (χ3n) is 4.49. The van der Waals surface area contributed by atoms with Gasteiger partial charge in [-0.15, -0.1) is 0 Å². The number of benzene rings is 2. The number of nitrogens with one attached hydrogen (secondary N) is 1. The number of rotatable bonds is 6. The van der Waals surface area contributed by atoms with Gasteiger partial charge in [-0.25, -0.2) is 4.79 Å². The van der Waals surface area contributed by atoms with E-state index in [0.717, 1.165) is 36.1 Å². The number of esters is 1. The number of amides is 1. The Morgan fingerprint density at radius 1 is 1.00 bits per heavy atom. The van der Waals surface area contributed by atoms with Gasteiger partial charge in [-0.2, -0.15) is 0 Å². The average molecular weight is 353 g/mol. The van der Waals surface area contributed by atoms with Crippen LogP contribution in [0.1, 0.15) is 28.7 Å². The van der Waals surface area contributed by atoms with E-state index in [9.17, 15) is 9.59 Å². The van der Waals surface area contributed by atoms with Gasteiger partial charge in [-0.05, 0) is 67.5 Å². The Labute approximate surface area is 153 Å². The lowest BCUT2D eigenvalue weighted by molar-refractivity contribution is -0.149. The highest BCUT2D eigenvalue weighted by Gasteiger charge is 2.13. The Balaban J connectivity index is 1.45. The van der Waals surface area contributed by atoms with Crippen molar-refractivity contribution in [2.75, 3.05) is 18.5 Å². The van der Waals surface area contributed by atoms with Crippen molar-refractivity contribution in [1.82, 2.24) is 0 Å². The van der Waals surface area contributed by atoms with Crippen LogP contribution in [-0.2, 0) is 27.2 Å². The lowest BCUT2D eigenvalue weighted by Gasteiger charge is -2.12. The molecule has 5 nitrogen and oxygen atoms in total. The smallest absolute Gasteiger partial charge is 0.344 e. The van der Waals surface area contributed by atoms with Gasteiger partial charge in [0, 0.05) is 5.69 Å². The predicted molar refractivity (Wildman–Crippen MR) is 99.5 cm³/mol. The molecule has 0 aromatic heterocycles. The molecule has 1 N–H and O–H groups in total. The molecular weight excluding hydrogens is 330 g/mol. The average Bonchev–Trinajstić information content (AvgIpc) is 3.07. The summed E-state index contributed by atoms with van der Waals surface area (Å²) in [7, 11) is 0. The molecule has 0 radical (unpaired) electrons. The molecule has 2 aromatic carbocycles. The third-order valence-corrected chi connectivity index (χ3v) is 4.49. The minimum Gasteiger partial charge on any atom is -0.481 e. The van der Waals surface area contributed by atoms with Crippen LogP contribution < -0.4 is 10.1 Å². The topological polar surface area (TPSA) is 64.6 Å². The van der Waals surface area contributed by atoms with Gasteiger partial charge in [0.15, 0.2) is 13.2 Å². The van der Waals surface area contributed by atoms with E-state index in [0.29, 0.717) is 5.75 Å². The minimum absolute atomic E-state index is 0.224. The third kappa shape index (κ3) is 4.42. The molecular formula is C21H23NO4. The maximum atomic E-state index is 12.0. The van der Waals surface area contributed by atoms with Crippen LogP contribution in [0.5, 0.6) is 5.75 Å². The number of aryl methyl sites for hydroxylation is 4. The van der Waals surface area contributed by atoms with E-state index in [-0.39, 0.29) is 19.1 Å². The largest absolute Gasteiger partial charge is 0.481 e. The molecule has 1 amide bonds. The number of hydrogen-bond donors (Lipinski definition) is 1. The van der Waals surface area contributed by atoms with Crippen molar-refractivity contribution in [1.29, 1.82) is 0 Å². The Kier molecular flexibility index (Phi) is 5.56. The van der Waals surface area contributed by atoms with Gasteiger partial charge >= 0.3 is 5.97 Å². The zero-order valence-electron chi connectivity index (χ0n) is 15.1. The maximum absolute atomic E-state index is 12.0. The quantitative estimate of drug-likeness (QED) is 0.809. The fourth-order valence-corrected chi connectivity index (χ4v) is 3.19. The van der Waals surface area contributed by atoms with Crippen LogP contribution in [0.3, 0.4) is 0 Å². The predicted octanol–water partition coefficient (Wildman–Crippen LogP) is 3.35. The van der Waals surface area contributed by atoms with E-state index in [4.69, 9.17) is 9.47 Å². The molecule has 0 aliphatic heterocycles. The van der Waals surface area contributed by atoms with E-state index < -0.39 is 5.97 Å². The minimum atomic E-state index is -0.572. The fourth-order valence-electron chi connectivity index (χ4n) is 3.19. The molecule has 0 unspecified atom stereocenters. The van der Waals surface area contributed by atoms with Crippen molar-refractivity contribution in [2.24, 2.45) is 0 Å². The summed E-state index contributed by atoms with van der Waals surface area (Å²) >= 11 is 0. The van der Waals surface area contributed by atoms with Crippen molar-refractivity contribution in [3.63, 3.8) is 0 Å². The van der Waals surface area contributed by atoms with Crippen LogP contribution in [-0.4, -0.2) is 25.1 Å². The number of carbonyl (C=O) groups is 2. The van der Waals surface area contributed by atoms with Crippen LogP contribution in [0.2, 0.25) is 0 Å². The Morgan fingerprint density at radius 2 is 1.73 bits per heavy atom. The molecule has 1 aliphatic carbocycles. The van der Waals surface area contributed by atoms with Crippen LogP contribution in [0, 0.1) is 13.8 Å². The van der Waals surface area contributed by atoms with Crippen molar-refractivity contribution in [3.8, 4) is 5.75 Å². The summed E-state index contributed by atoms with van der Waals surface area (Å²) in [4.78, 5) is 23.8. The second-order valence-electron chi connectivity index (χ2n) is 6.56. The van der Waals surface area contributed by atoms with Crippen LogP contribution >= 0.6 is 0 Å². The van der Waals surface area contributed by atoms with Gasteiger partial charge in [0.25, 0.3) is 5.91 Å². The molecule has 0 fully saturated rings. The number of para-hydroxylation sites is 1.